The van der Waals surface area contributed by atoms with Gasteiger partial charge in [-0.2, -0.15) is 0 Å². The van der Waals surface area contributed by atoms with Gasteiger partial charge in [0.25, 0.3) is 0 Å². The molecule has 0 spiro atoms. The summed E-state index contributed by atoms with van der Waals surface area (Å²) >= 11 is 0. The van der Waals surface area contributed by atoms with E-state index in [2.05, 4.69) is 60.0 Å². The van der Waals surface area contributed by atoms with Crippen molar-refractivity contribution in [2.45, 2.75) is 12.5 Å². The van der Waals surface area contributed by atoms with Gasteiger partial charge in [0.2, 0.25) is 0 Å². The first-order valence-electron chi connectivity index (χ1n) is 6.62. The number of fused-ring (bicyclic) bond motifs is 2. The first-order chi connectivity index (χ1) is 9.31. The van der Waals surface area contributed by atoms with E-state index < -0.39 is 0 Å². The molecule has 2 N–H and O–H groups in total. The first kappa shape index (κ1) is 12.0. The Kier molecular flexibility index (Phi) is 3.10. The molecule has 2 aromatic carbocycles. The van der Waals surface area contributed by atoms with Crippen LogP contribution in [0.15, 0.2) is 61.2 Å². The van der Waals surface area contributed by atoms with E-state index in [4.69, 9.17) is 5.73 Å². The Morgan fingerprint density at radius 3 is 2.58 bits per heavy atom. The van der Waals surface area contributed by atoms with Crippen molar-refractivity contribution >= 4 is 11.4 Å². The summed E-state index contributed by atoms with van der Waals surface area (Å²) in [6.07, 6.45) is 2.81. The molecule has 2 heteroatoms. The lowest BCUT2D eigenvalue weighted by atomic mass is 10.00. The van der Waals surface area contributed by atoms with Crippen LogP contribution < -0.4 is 10.6 Å². The summed E-state index contributed by atoms with van der Waals surface area (Å²) in [5, 5.41) is 0. The van der Waals surface area contributed by atoms with Gasteiger partial charge < -0.3 is 10.6 Å². The molecule has 0 saturated heterocycles. The maximum Gasteiger partial charge on any atom is 0.0462 e. The summed E-state index contributed by atoms with van der Waals surface area (Å²) < 4.78 is 0. The second-order valence-corrected chi connectivity index (χ2v) is 4.90. The third kappa shape index (κ3) is 2.04. The molecule has 0 radical (unpaired) electrons. The summed E-state index contributed by atoms with van der Waals surface area (Å²) in [6, 6.07) is 16.9. The third-order valence-electron chi connectivity index (χ3n) is 3.66. The van der Waals surface area contributed by atoms with Gasteiger partial charge in [0.1, 0.15) is 0 Å². The van der Waals surface area contributed by atoms with E-state index in [-0.39, 0.29) is 6.04 Å². The van der Waals surface area contributed by atoms with Gasteiger partial charge in [-0.05, 0) is 29.7 Å². The largest absolute Gasteiger partial charge is 0.337 e. The first-order valence-corrected chi connectivity index (χ1v) is 6.62. The quantitative estimate of drug-likeness (QED) is 0.826. The maximum absolute atomic E-state index is 6.37. The Morgan fingerprint density at radius 2 is 1.79 bits per heavy atom. The van der Waals surface area contributed by atoms with E-state index in [1.807, 2.05) is 6.08 Å². The van der Waals surface area contributed by atoms with Gasteiger partial charge in [0.05, 0.1) is 0 Å². The van der Waals surface area contributed by atoms with Crippen LogP contribution in [0.25, 0.3) is 0 Å². The second kappa shape index (κ2) is 4.90. The highest BCUT2D eigenvalue weighted by molar-refractivity contribution is 5.72. The molecule has 1 atom stereocenters. The zero-order valence-corrected chi connectivity index (χ0v) is 10.9. The topological polar surface area (TPSA) is 29.3 Å². The normalized spacial score (nSPS) is 17.3. The van der Waals surface area contributed by atoms with E-state index >= 15 is 0 Å². The minimum absolute atomic E-state index is 0.0483. The molecule has 1 unspecified atom stereocenters. The van der Waals surface area contributed by atoms with Gasteiger partial charge in [0.15, 0.2) is 0 Å². The van der Waals surface area contributed by atoms with Crippen LogP contribution in [-0.2, 0) is 6.42 Å². The summed E-state index contributed by atoms with van der Waals surface area (Å²) in [4.78, 5) is 2.30. The lowest BCUT2D eigenvalue weighted by Gasteiger charge is -2.25. The van der Waals surface area contributed by atoms with Crippen LogP contribution >= 0.6 is 0 Å². The SMILES string of the molecule is C=CCN1c2ccccc2CC(N)c2ccccc21. The number of para-hydroxylation sites is 2. The van der Waals surface area contributed by atoms with Crippen LogP contribution in [0, 0.1) is 0 Å². The number of benzene rings is 2. The number of hydrogen-bond acceptors (Lipinski definition) is 2. The standard InChI is InChI=1S/C17H18N2/c1-2-11-19-16-9-5-3-7-13(16)12-15(18)14-8-4-6-10-17(14)19/h2-10,15H,1,11-12,18H2. The van der Waals surface area contributed by atoms with Crippen molar-refractivity contribution in [2.75, 3.05) is 11.4 Å². The zero-order chi connectivity index (χ0) is 13.2. The summed E-state index contributed by atoms with van der Waals surface area (Å²) in [7, 11) is 0. The number of rotatable bonds is 2. The fourth-order valence-electron chi connectivity index (χ4n) is 2.80. The molecule has 0 saturated carbocycles. The molecule has 1 aliphatic rings. The van der Waals surface area contributed by atoms with Gasteiger partial charge in [0, 0.05) is 24.0 Å². The van der Waals surface area contributed by atoms with Gasteiger partial charge in [-0.1, -0.05) is 42.5 Å². The van der Waals surface area contributed by atoms with Crippen molar-refractivity contribution in [3.05, 3.63) is 72.3 Å². The van der Waals surface area contributed by atoms with Crippen LogP contribution in [-0.4, -0.2) is 6.54 Å². The van der Waals surface area contributed by atoms with Crippen LogP contribution in [0.3, 0.4) is 0 Å². The average molecular weight is 250 g/mol. The van der Waals surface area contributed by atoms with Crippen molar-refractivity contribution in [3.63, 3.8) is 0 Å². The predicted molar refractivity (Wildman–Crippen MR) is 80.7 cm³/mol. The molecular weight excluding hydrogens is 232 g/mol. The second-order valence-electron chi connectivity index (χ2n) is 4.90. The van der Waals surface area contributed by atoms with Crippen molar-refractivity contribution in [1.29, 1.82) is 0 Å². The molecule has 0 fully saturated rings. The molecule has 19 heavy (non-hydrogen) atoms. The molecule has 0 aromatic heterocycles. The Bertz CT molecular complexity index is 604. The molecular formula is C17H18N2. The third-order valence-corrected chi connectivity index (χ3v) is 3.66. The zero-order valence-electron chi connectivity index (χ0n) is 10.9. The van der Waals surface area contributed by atoms with E-state index in [1.54, 1.807) is 0 Å². The van der Waals surface area contributed by atoms with Gasteiger partial charge in [-0.3, -0.25) is 0 Å². The lowest BCUT2D eigenvalue weighted by molar-refractivity contribution is 0.730. The molecule has 2 nitrogen and oxygen atoms in total. The minimum Gasteiger partial charge on any atom is -0.337 e. The van der Waals surface area contributed by atoms with Crippen LogP contribution in [0.1, 0.15) is 17.2 Å². The maximum atomic E-state index is 6.37. The molecule has 1 aliphatic heterocycles. The number of hydrogen-bond donors (Lipinski definition) is 1. The molecule has 1 heterocycles. The Hall–Kier alpha value is -2.06. The molecule has 2 aromatic rings. The molecule has 96 valence electrons. The number of nitrogens with zero attached hydrogens (tertiary/aromatic N) is 1. The molecule has 0 amide bonds. The minimum atomic E-state index is 0.0483. The highest BCUT2D eigenvalue weighted by Gasteiger charge is 2.23. The van der Waals surface area contributed by atoms with E-state index in [9.17, 15) is 0 Å². The lowest BCUT2D eigenvalue weighted by Crippen LogP contribution is -2.18. The fraction of sp³-hybridized carbons (Fsp3) is 0.176. The summed E-state index contributed by atoms with van der Waals surface area (Å²) in [5.74, 6) is 0. The van der Waals surface area contributed by atoms with Crippen LogP contribution in [0.4, 0.5) is 11.4 Å². The van der Waals surface area contributed by atoms with E-state index in [0.29, 0.717) is 0 Å². The molecule has 3 rings (SSSR count). The van der Waals surface area contributed by atoms with Crippen molar-refractivity contribution in [3.8, 4) is 0 Å². The average Bonchev–Trinajstić information content (AvgIpc) is 2.56. The van der Waals surface area contributed by atoms with Crippen molar-refractivity contribution < 1.29 is 0 Å². The molecule has 0 aliphatic carbocycles. The smallest absolute Gasteiger partial charge is 0.0462 e. The van der Waals surface area contributed by atoms with Gasteiger partial charge in [-0.25, -0.2) is 0 Å². The van der Waals surface area contributed by atoms with Gasteiger partial charge in [-0.15, -0.1) is 6.58 Å². The highest BCUT2D eigenvalue weighted by atomic mass is 15.1. The Morgan fingerprint density at radius 1 is 1.11 bits per heavy atom. The predicted octanol–water partition coefficient (Wildman–Crippen LogP) is 3.57. The Balaban J connectivity index is 2.22. The van der Waals surface area contributed by atoms with Crippen molar-refractivity contribution in [1.82, 2.24) is 0 Å². The Labute approximate surface area is 114 Å². The number of anilines is 2. The van der Waals surface area contributed by atoms with Gasteiger partial charge >= 0.3 is 0 Å². The van der Waals surface area contributed by atoms with E-state index in [1.165, 1.54) is 22.5 Å². The van der Waals surface area contributed by atoms with Crippen LogP contribution in [0.5, 0.6) is 0 Å². The highest BCUT2D eigenvalue weighted by Crippen LogP contribution is 2.38. The summed E-state index contributed by atoms with van der Waals surface area (Å²) in [5.41, 5.74) is 11.3. The number of nitrogens with two attached hydrogens (primary N) is 1. The van der Waals surface area contributed by atoms with Crippen molar-refractivity contribution in [2.24, 2.45) is 5.73 Å². The van der Waals surface area contributed by atoms with Crippen LogP contribution in [0.2, 0.25) is 0 Å². The fourth-order valence-corrected chi connectivity index (χ4v) is 2.80. The molecule has 0 bridgehead atoms. The van der Waals surface area contributed by atoms with E-state index in [0.717, 1.165) is 13.0 Å². The monoisotopic (exact) mass is 250 g/mol. The summed E-state index contributed by atoms with van der Waals surface area (Å²) in [6.45, 7) is 4.67.